The number of aryl methyl sites for hydroxylation is 1. The van der Waals surface area contributed by atoms with Gasteiger partial charge in [-0.1, -0.05) is 13.8 Å². The first kappa shape index (κ1) is 14.2. The Morgan fingerprint density at radius 1 is 1.15 bits per heavy atom. The fraction of sp³-hybridized carbons (Fsp3) is 0.400. The third kappa shape index (κ3) is 3.44. The average molecular weight is 272 g/mol. The van der Waals surface area contributed by atoms with Gasteiger partial charge in [0, 0.05) is 31.3 Å². The summed E-state index contributed by atoms with van der Waals surface area (Å²) < 4.78 is 5.61. The van der Waals surface area contributed by atoms with Gasteiger partial charge in [-0.05, 0) is 12.5 Å². The van der Waals surface area contributed by atoms with Gasteiger partial charge in [-0.15, -0.1) is 0 Å². The molecule has 0 bridgehead atoms. The summed E-state index contributed by atoms with van der Waals surface area (Å²) in [5, 5.41) is 3.06. The van der Waals surface area contributed by atoms with Crippen LogP contribution in [0.4, 0.5) is 5.82 Å². The summed E-state index contributed by atoms with van der Waals surface area (Å²) in [6, 6.07) is 3.88. The van der Waals surface area contributed by atoms with Crippen LogP contribution in [-0.2, 0) is 6.42 Å². The number of hydrogen-bond acceptors (Lipinski definition) is 5. The van der Waals surface area contributed by atoms with Crippen molar-refractivity contribution in [1.29, 1.82) is 0 Å². The van der Waals surface area contributed by atoms with Crippen molar-refractivity contribution in [2.75, 3.05) is 19.0 Å². The lowest BCUT2D eigenvalue weighted by molar-refractivity contribution is 0.316. The molecule has 0 spiro atoms. The Labute approximate surface area is 119 Å². The Balaban J connectivity index is 2.34. The largest absolute Gasteiger partial charge is 0.492 e. The highest BCUT2D eigenvalue weighted by molar-refractivity contribution is 5.63. The van der Waals surface area contributed by atoms with Crippen LogP contribution in [0.5, 0.6) is 5.75 Å². The summed E-state index contributed by atoms with van der Waals surface area (Å²) in [5.74, 6) is 2.39. The molecule has 0 saturated heterocycles. The highest BCUT2D eigenvalue weighted by Gasteiger charge is 2.07. The van der Waals surface area contributed by atoms with Crippen molar-refractivity contribution in [2.45, 2.75) is 26.7 Å². The molecule has 0 atom stereocenters. The van der Waals surface area contributed by atoms with E-state index in [-0.39, 0.29) is 0 Å². The summed E-state index contributed by atoms with van der Waals surface area (Å²) in [6.07, 6.45) is 5.28. The lowest BCUT2D eigenvalue weighted by Gasteiger charge is -2.08. The molecule has 5 heteroatoms. The van der Waals surface area contributed by atoms with Gasteiger partial charge >= 0.3 is 0 Å². The van der Waals surface area contributed by atoms with Crippen molar-refractivity contribution in [1.82, 2.24) is 15.0 Å². The zero-order valence-corrected chi connectivity index (χ0v) is 12.2. The minimum atomic E-state index is 0.691. The van der Waals surface area contributed by atoms with Crippen LogP contribution in [0.3, 0.4) is 0 Å². The minimum absolute atomic E-state index is 0.691. The first-order chi connectivity index (χ1) is 9.76. The van der Waals surface area contributed by atoms with E-state index in [1.807, 2.05) is 26.1 Å². The Hall–Kier alpha value is -2.17. The van der Waals surface area contributed by atoms with Gasteiger partial charge in [0.15, 0.2) is 0 Å². The van der Waals surface area contributed by atoms with Crippen LogP contribution in [0.1, 0.15) is 26.1 Å². The van der Waals surface area contributed by atoms with Crippen molar-refractivity contribution in [3.05, 3.63) is 30.4 Å². The van der Waals surface area contributed by atoms with Crippen LogP contribution in [0.2, 0.25) is 0 Å². The number of nitrogens with zero attached hydrogens (tertiary/aromatic N) is 3. The number of nitrogens with one attached hydrogen (secondary N) is 1. The normalized spacial score (nSPS) is 10.3. The second kappa shape index (κ2) is 6.84. The minimum Gasteiger partial charge on any atom is -0.492 e. The quantitative estimate of drug-likeness (QED) is 0.876. The molecule has 2 aromatic heterocycles. The summed E-state index contributed by atoms with van der Waals surface area (Å²) in [5.41, 5.74) is 1.79. The molecule has 0 aromatic carbocycles. The van der Waals surface area contributed by atoms with Crippen molar-refractivity contribution in [2.24, 2.45) is 0 Å². The van der Waals surface area contributed by atoms with Crippen LogP contribution < -0.4 is 10.1 Å². The summed E-state index contributed by atoms with van der Waals surface area (Å²) in [7, 11) is 1.85. The monoisotopic (exact) mass is 272 g/mol. The molecule has 0 unspecified atom stereocenters. The average Bonchev–Trinajstić information content (AvgIpc) is 2.52. The molecule has 0 radical (unpaired) electrons. The maximum Gasteiger partial charge on any atom is 0.138 e. The highest BCUT2D eigenvalue weighted by atomic mass is 16.5. The van der Waals surface area contributed by atoms with Crippen molar-refractivity contribution in [3.8, 4) is 17.0 Å². The molecule has 0 aliphatic rings. The standard InChI is InChI=1S/C15H20N4O/c1-4-6-20-12-7-11(9-17-10-12)13-8-15(16-3)19-14(5-2)18-13/h7-10H,4-6H2,1-3H3,(H,16,18,19). The van der Waals surface area contributed by atoms with E-state index in [0.717, 1.165) is 41.5 Å². The van der Waals surface area contributed by atoms with Crippen LogP contribution in [-0.4, -0.2) is 28.6 Å². The van der Waals surface area contributed by atoms with Crippen LogP contribution in [0.15, 0.2) is 24.5 Å². The van der Waals surface area contributed by atoms with Gasteiger partial charge in [0.1, 0.15) is 17.4 Å². The molecule has 0 aliphatic heterocycles. The third-order valence-corrected chi connectivity index (χ3v) is 2.83. The number of rotatable bonds is 6. The summed E-state index contributed by atoms with van der Waals surface area (Å²) in [4.78, 5) is 13.2. The Kier molecular flexibility index (Phi) is 4.87. The number of anilines is 1. The molecule has 20 heavy (non-hydrogen) atoms. The SMILES string of the molecule is CCCOc1cncc(-c2cc(NC)nc(CC)n2)c1. The van der Waals surface area contributed by atoms with E-state index in [2.05, 4.69) is 27.2 Å². The predicted molar refractivity (Wildman–Crippen MR) is 80.0 cm³/mol. The zero-order valence-electron chi connectivity index (χ0n) is 12.2. The van der Waals surface area contributed by atoms with Crippen LogP contribution in [0.25, 0.3) is 11.3 Å². The number of aromatic nitrogens is 3. The maximum atomic E-state index is 5.61. The fourth-order valence-electron chi connectivity index (χ4n) is 1.79. The molecule has 2 heterocycles. The molecule has 1 N–H and O–H groups in total. The van der Waals surface area contributed by atoms with E-state index >= 15 is 0 Å². The smallest absolute Gasteiger partial charge is 0.138 e. The van der Waals surface area contributed by atoms with E-state index in [4.69, 9.17) is 4.74 Å². The van der Waals surface area contributed by atoms with E-state index < -0.39 is 0 Å². The van der Waals surface area contributed by atoms with Crippen LogP contribution >= 0.6 is 0 Å². The second-order valence-corrected chi connectivity index (χ2v) is 4.42. The second-order valence-electron chi connectivity index (χ2n) is 4.42. The fourth-order valence-corrected chi connectivity index (χ4v) is 1.79. The number of hydrogen-bond donors (Lipinski definition) is 1. The highest BCUT2D eigenvalue weighted by Crippen LogP contribution is 2.23. The van der Waals surface area contributed by atoms with Gasteiger partial charge < -0.3 is 10.1 Å². The Morgan fingerprint density at radius 3 is 2.70 bits per heavy atom. The van der Waals surface area contributed by atoms with Gasteiger partial charge in [-0.2, -0.15) is 0 Å². The predicted octanol–water partition coefficient (Wildman–Crippen LogP) is 2.93. The maximum absolute atomic E-state index is 5.61. The zero-order chi connectivity index (χ0) is 14.4. The first-order valence-corrected chi connectivity index (χ1v) is 6.90. The molecule has 106 valence electrons. The van der Waals surface area contributed by atoms with Gasteiger partial charge in [-0.3, -0.25) is 4.98 Å². The molecule has 0 amide bonds. The molecule has 2 aromatic rings. The summed E-state index contributed by atoms with van der Waals surface area (Å²) >= 11 is 0. The van der Waals surface area contributed by atoms with E-state index in [1.165, 1.54) is 0 Å². The van der Waals surface area contributed by atoms with Crippen molar-refractivity contribution >= 4 is 5.82 Å². The molecular weight excluding hydrogens is 252 g/mol. The van der Waals surface area contributed by atoms with Gasteiger partial charge in [0.2, 0.25) is 0 Å². The molecule has 2 rings (SSSR count). The molecule has 0 fully saturated rings. The van der Waals surface area contributed by atoms with Crippen LogP contribution in [0, 0.1) is 0 Å². The van der Waals surface area contributed by atoms with Gasteiger partial charge in [0.05, 0.1) is 18.5 Å². The van der Waals surface area contributed by atoms with Crippen molar-refractivity contribution < 1.29 is 4.74 Å². The van der Waals surface area contributed by atoms with Gasteiger partial charge in [0.25, 0.3) is 0 Å². The van der Waals surface area contributed by atoms with E-state index in [9.17, 15) is 0 Å². The molecular formula is C15H20N4O. The number of pyridine rings is 1. The van der Waals surface area contributed by atoms with Crippen molar-refractivity contribution in [3.63, 3.8) is 0 Å². The lowest BCUT2D eigenvalue weighted by Crippen LogP contribution is -2.01. The lowest BCUT2D eigenvalue weighted by atomic mass is 10.2. The molecule has 0 saturated carbocycles. The van der Waals surface area contributed by atoms with Gasteiger partial charge in [-0.25, -0.2) is 9.97 Å². The topological polar surface area (TPSA) is 59.9 Å². The first-order valence-electron chi connectivity index (χ1n) is 6.90. The third-order valence-electron chi connectivity index (χ3n) is 2.83. The van der Waals surface area contributed by atoms with E-state index in [1.54, 1.807) is 12.4 Å². The Bertz CT molecular complexity index is 549. The molecule has 5 nitrogen and oxygen atoms in total. The van der Waals surface area contributed by atoms with E-state index in [0.29, 0.717) is 6.61 Å². The molecule has 0 aliphatic carbocycles. The summed E-state index contributed by atoms with van der Waals surface area (Å²) in [6.45, 7) is 4.81. The number of ether oxygens (including phenoxy) is 1. The Morgan fingerprint density at radius 2 is 2.00 bits per heavy atom.